The third kappa shape index (κ3) is 3.84. The summed E-state index contributed by atoms with van der Waals surface area (Å²) in [4.78, 5) is 16.8. The molecule has 2 rings (SSSR count). The van der Waals surface area contributed by atoms with Crippen LogP contribution in [0.25, 0.3) is 0 Å². The minimum Gasteiger partial charge on any atom is -0.494 e. The third-order valence-electron chi connectivity index (χ3n) is 3.42. The highest BCUT2D eigenvalue weighted by atomic mass is 16.5. The highest BCUT2D eigenvalue weighted by molar-refractivity contribution is 5.95. The number of carbonyl (C=O) groups excluding carboxylic acids is 1. The predicted octanol–water partition coefficient (Wildman–Crippen LogP) is 1.99. The number of rotatable bonds is 5. The molecule has 126 valence electrons. The maximum absolute atomic E-state index is 12.3. The fourth-order valence-electron chi connectivity index (χ4n) is 2.42. The Bertz CT molecular complexity index is 702. The van der Waals surface area contributed by atoms with E-state index < -0.39 is 12.0 Å². The fraction of sp³-hybridized carbons (Fsp3) is 0.353. The van der Waals surface area contributed by atoms with E-state index in [0.717, 1.165) is 11.3 Å². The Morgan fingerprint density at radius 2 is 2.04 bits per heavy atom. The summed E-state index contributed by atoms with van der Waals surface area (Å²) in [5, 5.41) is 14.2. The summed E-state index contributed by atoms with van der Waals surface area (Å²) in [6.45, 7) is 6.27. The van der Waals surface area contributed by atoms with E-state index in [0.29, 0.717) is 23.8 Å². The van der Waals surface area contributed by atoms with Crippen LogP contribution < -0.4 is 15.4 Å². The summed E-state index contributed by atoms with van der Waals surface area (Å²) in [5.41, 5.74) is 1.82. The zero-order chi connectivity index (χ0) is 17.5. The summed E-state index contributed by atoms with van der Waals surface area (Å²) < 4.78 is 10.6. The Balaban J connectivity index is 2.40. The summed E-state index contributed by atoms with van der Waals surface area (Å²) >= 11 is 0. The van der Waals surface area contributed by atoms with Crippen LogP contribution in [0.3, 0.4) is 0 Å². The van der Waals surface area contributed by atoms with Crippen molar-refractivity contribution in [2.45, 2.75) is 26.8 Å². The molecule has 0 bridgehead atoms. The van der Waals surface area contributed by atoms with E-state index in [4.69, 9.17) is 14.7 Å². The van der Waals surface area contributed by atoms with Crippen molar-refractivity contribution in [2.24, 2.45) is 4.99 Å². The van der Waals surface area contributed by atoms with Gasteiger partial charge in [0.15, 0.2) is 6.19 Å². The number of guanidine groups is 1. The molecule has 0 unspecified atom stereocenters. The topological polar surface area (TPSA) is 95.7 Å². The van der Waals surface area contributed by atoms with Crippen molar-refractivity contribution in [3.8, 4) is 11.9 Å². The van der Waals surface area contributed by atoms with E-state index in [9.17, 15) is 4.79 Å². The van der Waals surface area contributed by atoms with Gasteiger partial charge in [-0.2, -0.15) is 5.26 Å². The predicted molar refractivity (Wildman–Crippen MR) is 89.0 cm³/mol. The van der Waals surface area contributed by atoms with Crippen LogP contribution in [0, 0.1) is 11.5 Å². The van der Waals surface area contributed by atoms with Crippen LogP contribution in [0.15, 0.2) is 40.5 Å². The summed E-state index contributed by atoms with van der Waals surface area (Å²) in [6, 6.07) is 6.79. The van der Waals surface area contributed by atoms with E-state index in [-0.39, 0.29) is 6.61 Å². The van der Waals surface area contributed by atoms with Crippen LogP contribution in [-0.2, 0) is 9.53 Å². The molecule has 0 aromatic heterocycles. The Morgan fingerprint density at radius 3 is 2.62 bits per heavy atom. The number of aliphatic imine (C=N–C) groups is 1. The van der Waals surface area contributed by atoms with Gasteiger partial charge in [-0.05, 0) is 38.5 Å². The van der Waals surface area contributed by atoms with E-state index in [1.165, 1.54) is 0 Å². The lowest BCUT2D eigenvalue weighted by Crippen LogP contribution is -2.39. The zero-order valence-corrected chi connectivity index (χ0v) is 13.9. The molecule has 0 spiro atoms. The molecule has 1 heterocycles. The van der Waals surface area contributed by atoms with Gasteiger partial charge in [-0.1, -0.05) is 12.1 Å². The van der Waals surface area contributed by atoms with Crippen LogP contribution in [0.1, 0.15) is 32.4 Å². The number of carbonyl (C=O) groups is 1. The normalized spacial score (nSPS) is 16.6. The Labute approximate surface area is 141 Å². The molecule has 0 saturated carbocycles. The van der Waals surface area contributed by atoms with Gasteiger partial charge in [-0.25, -0.2) is 9.79 Å². The standard InChI is InChI=1S/C17H20N4O3/c1-4-23-13-8-6-12(7-9-13)15-14(16(22)24-5-2)11(3)20-17(21-15)19-10-18/h6-9,15H,4-5H2,1-3H3,(H2,19,20,21)/t15-/m1/s1. The molecule has 1 atom stereocenters. The van der Waals surface area contributed by atoms with Gasteiger partial charge < -0.3 is 14.8 Å². The van der Waals surface area contributed by atoms with E-state index in [1.807, 2.05) is 37.4 Å². The Morgan fingerprint density at radius 1 is 1.33 bits per heavy atom. The number of ether oxygens (including phenoxy) is 2. The van der Waals surface area contributed by atoms with Crippen LogP contribution in [0.5, 0.6) is 5.75 Å². The molecular formula is C17H20N4O3. The first-order valence-corrected chi connectivity index (χ1v) is 7.71. The van der Waals surface area contributed by atoms with Crippen molar-refractivity contribution in [3.63, 3.8) is 0 Å². The van der Waals surface area contributed by atoms with Crippen LogP contribution in [0.4, 0.5) is 0 Å². The van der Waals surface area contributed by atoms with Crippen molar-refractivity contribution < 1.29 is 14.3 Å². The van der Waals surface area contributed by atoms with Gasteiger partial charge in [-0.15, -0.1) is 0 Å². The summed E-state index contributed by atoms with van der Waals surface area (Å²) in [5.74, 6) is 0.607. The largest absolute Gasteiger partial charge is 0.494 e. The lowest BCUT2D eigenvalue weighted by molar-refractivity contribution is -0.138. The maximum atomic E-state index is 12.3. The SMILES string of the molecule is CCOC(=O)C1=C(C)NC(NC#N)=N[C@@H]1c1ccc(OCC)cc1. The second-order valence-corrected chi connectivity index (χ2v) is 5.00. The van der Waals surface area contributed by atoms with Gasteiger partial charge in [0.05, 0.1) is 18.8 Å². The quantitative estimate of drug-likeness (QED) is 0.487. The Hall–Kier alpha value is -3.01. The van der Waals surface area contributed by atoms with Crippen molar-refractivity contribution in [1.82, 2.24) is 10.6 Å². The lowest BCUT2D eigenvalue weighted by Gasteiger charge is -2.25. The molecule has 7 nitrogen and oxygen atoms in total. The van der Waals surface area contributed by atoms with Gasteiger partial charge in [0.2, 0.25) is 5.96 Å². The first kappa shape index (κ1) is 17.3. The van der Waals surface area contributed by atoms with E-state index in [2.05, 4.69) is 15.6 Å². The average Bonchev–Trinajstić information content (AvgIpc) is 2.56. The van der Waals surface area contributed by atoms with Crippen molar-refractivity contribution in [1.29, 1.82) is 5.26 Å². The Kier molecular flexibility index (Phi) is 5.79. The molecular weight excluding hydrogens is 308 g/mol. The van der Waals surface area contributed by atoms with E-state index in [1.54, 1.807) is 13.8 Å². The monoisotopic (exact) mass is 328 g/mol. The molecule has 0 aliphatic carbocycles. The molecule has 0 saturated heterocycles. The highest BCUT2D eigenvalue weighted by Crippen LogP contribution is 2.32. The van der Waals surface area contributed by atoms with Gasteiger partial charge in [-0.3, -0.25) is 5.32 Å². The number of nitrogens with zero attached hydrogens (tertiary/aromatic N) is 2. The molecule has 7 heteroatoms. The molecule has 2 N–H and O–H groups in total. The number of nitrogens with one attached hydrogen (secondary N) is 2. The number of allylic oxidation sites excluding steroid dienone is 1. The van der Waals surface area contributed by atoms with Crippen molar-refractivity contribution in [2.75, 3.05) is 13.2 Å². The molecule has 24 heavy (non-hydrogen) atoms. The number of hydrogen-bond donors (Lipinski definition) is 2. The first-order chi connectivity index (χ1) is 11.6. The molecule has 0 amide bonds. The van der Waals surface area contributed by atoms with Gasteiger partial charge in [0.25, 0.3) is 0 Å². The average molecular weight is 328 g/mol. The number of esters is 1. The molecule has 1 aromatic rings. The van der Waals surface area contributed by atoms with Crippen LogP contribution in [0.2, 0.25) is 0 Å². The molecule has 1 aromatic carbocycles. The van der Waals surface area contributed by atoms with E-state index >= 15 is 0 Å². The van der Waals surface area contributed by atoms with Crippen LogP contribution >= 0.6 is 0 Å². The zero-order valence-electron chi connectivity index (χ0n) is 13.9. The fourth-order valence-corrected chi connectivity index (χ4v) is 2.42. The molecule has 1 aliphatic heterocycles. The maximum Gasteiger partial charge on any atom is 0.338 e. The highest BCUT2D eigenvalue weighted by Gasteiger charge is 2.30. The number of nitriles is 1. The lowest BCUT2D eigenvalue weighted by atomic mass is 9.96. The summed E-state index contributed by atoms with van der Waals surface area (Å²) in [6.07, 6.45) is 1.82. The smallest absolute Gasteiger partial charge is 0.338 e. The molecule has 1 aliphatic rings. The van der Waals surface area contributed by atoms with Crippen LogP contribution in [-0.4, -0.2) is 25.1 Å². The van der Waals surface area contributed by atoms with Crippen molar-refractivity contribution in [3.05, 3.63) is 41.1 Å². The second-order valence-electron chi connectivity index (χ2n) is 5.00. The number of hydrogen-bond acceptors (Lipinski definition) is 7. The minimum absolute atomic E-state index is 0.276. The second kappa shape index (κ2) is 8.02. The third-order valence-corrected chi connectivity index (χ3v) is 3.42. The molecule has 0 radical (unpaired) electrons. The molecule has 0 fully saturated rings. The minimum atomic E-state index is -0.558. The first-order valence-electron chi connectivity index (χ1n) is 7.71. The number of benzene rings is 1. The van der Waals surface area contributed by atoms with Gasteiger partial charge in [0.1, 0.15) is 11.8 Å². The van der Waals surface area contributed by atoms with Gasteiger partial charge >= 0.3 is 5.97 Å². The van der Waals surface area contributed by atoms with Gasteiger partial charge in [0, 0.05) is 5.70 Å². The summed E-state index contributed by atoms with van der Waals surface area (Å²) in [7, 11) is 0. The van der Waals surface area contributed by atoms with Crippen molar-refractivity contribution >= 4 is 11.9 Å².